The van der Waals surface area contributed by atoms with Gasteiger partial charge in [-0.25, -0.2) is 4.39 Å². The third-order valence-electron chi connectivity index (χ3n) is 3.30. The topological polar surface area (TPSA) is 61.5 Å². The SMILES string of the molecule is CCOC(=O)C1(N)CCC(Oc2ccc(F)cc2)C1. The largest absolute Gasteiger partial charge is 0.490 e. The van der Waals surface area contributed by atoms with Gasteiger partial charge in [0.1, 0.15) is 23.2 Å². The molecule has 0 heterocycles. The van der Waals surface area contributed by atoms with Crippen molar-refractivity contribution in [3.63, 3.8) is 0 Å². The van der Waals surface area contributed by atoms with Gasteiger partial charge in [0.05, 0.1) is 6.61 Å². The highest BCUT2D eigenvalue weighted by atomic mass is 19.1. The molecule has 1 aliphatic carbocycles. The molecule has 2 unspecified atom stereocenters. The highest BCUT2D eigenvalue weighted by molar-refractivity contribution is 5.81. The Kier molecular flexibility index (Phi) is 4.04. The van der Waals surface area contributed by atoms with Crippen LogP contribution in [-0.2, 0) is 9.53 Å². The van der Waals surface area contributed by atoms with E-state index in [0.29, 0.717) is 31.6 Å². The predicted octanol–water partition coefficient (Wildman–Crippen LogP) is 2.02. The van der Waals surface area contributed by atoms with Crippen LogP contribution in [0.5, 0.6) is 5.75 Å². The van der Waals surface area contributed by atoms with Gasteiger partial charge in [-0.3, -0.25) is 4.79 Å². The van der Waals surface area contributed by atoms with Crippen molar-refractivity contribution in [2.45, 2.75) is 37.8 Å². The van der Waals surface area contributed by atoms with Gasteiger partial charge in [0, 0.05) is 6.42 Å². The summed E-state index contributed by atoms with van der Waals surface area (Å²) in [4.78, 5) is 11.8. The fourth-order valence-corrected chi connectivity index (χ4v) is 2.30. The van der Waals surface area contributed by atoms with Crippen molar-refractivity contribution in [3.05, 3.63) is 30.1 Å². The van der Waals surface area contributed by atoms with Crippen molar-refractivity contribution in [2.24, 2.45) is 5.73 Å². The molecule has 2 rings (SSSR count). The summed E-state index contributed by atoms with van der Waals surface area (Å²) >= 11 is 0. The molecular formula is C14H18FNO3. The molecule has 0 spiro atoms. The summed E-state index contributed by atoms with van der Waals surface area (Å²) in [5.74, 6) is -0.0989. The zero-order valence-corrected chi connectivity index (χ0v) is 10.9. The van der Waals surface area contributed by atoms with Gasteiger partial charge in [0.25, 0.3) is 0 Å². The zero-order valence-electron chi connectivity index (χ0n) is 10.9. The Labute approximate surface area is 111 Å². The van der Waals surface area contributed by atoms with E-state index in [-0.39, 0.29) is 17.9 Å². The number of carbonyl (C=O) groups is 1. The van der Waals surface area contributed by atoms with Crippen LogP contribution in [0.3, 0.4) is 0 Å². The molecule has 0 aromatic heterocycles. The van der Waals surface area contributed by atoms with E-state index in [1.807, 2.05) is 0 Å². The summed E-state index contributed by atoms with van der Waals surface area (Å²) in [5, 5.41) is 0. The van der Waals surface area contributed by atoms with E-state index in [4.69, 9.17) is 15.2 Å². The lowest BCUT2D eigenvalue weighted by Gasteiger charge is -2.21. The van der Waals surface area contributed by atoms with Crippen molar-refractivity contribution in [1.82, 2.24) is 0 Å². The molecule has 1 aliphatic rings. The molecule has 104 valence electrons. The normalized spacial score (nSPS) is 26.2. The lowest BCUT2D eigenvalue weighted by molar-refractivity contribution is -0.149. The van der Waals surface area contributed by atoms with Crippen LogP contribution in [0.2, 0.25) is 0 Å². The van der Waals surface area contributed by atoms with Crippen LogP contribution < -0.4 is 10.5 Å². The molecule has 1 fully saturated rings. The average Bonchev–Trinajstić information content (AvgIpc) is 2.76. The fraction of sp³-hybridized carbons (Fsp3) is 0.500. The minimum Gasteiger partial charge on any atom is -0.490 e. The van der Waals surface area contributed by atoms with E-state index in [9.17, 15) is 9.18 Å². The first-order valence-electron chi connectivity index (χ1n) is 6.42. The Balaban J connectivity index is 1.94. The number of carbonyl (C=O) groups excluding carboxylic acids is 1. The van der Waals surface area contributed by atoms with Crippen LogP contribution in [0.1, 0.15) is 26.2 Å². The van der Waals surface area contributed by atoms with E-state index >= 15 is 0 Å². The quantitative estimate of drug-likeness (QED) is 0.848. The number of ether oxygens (including phenoxy) is 2. The Hall–Kier alpha value is -1.62. The van der Waals surface area contributed by atoms with E-state index in [1.165, 1.54) is 12.1 Å². The molecule has 0 amide bonds. The molecule has 0 saturated heterocycles. The van der Waals surface area contributed by atoms with Crippen LogP contribution >= 0.6 is 0 Å². The summed E-state index contributed by atoms with van der Waals surface area (Å²) < 4.78 is 23.5. The fourth-order valence-electron chi connectivity index (χ4n) is 2.30. The van der Waals surface area contributed by atoms with Crippen molar-refractivity contribution in [3.8, 4) is 5.75 Å². The highest BCUT2D eigenvalue weighted by Gasteiger charge is 2.44. The van der Waals surface area contributed by atoms with E-state index in [2.05, 4.69) is 0 Å². The number of rotatable bonds is 4. The molecular weight excluding hydrogens is 249 g/mol. The second-order valence-corrected chi connectivity index (χ2v) is 4.81. The van der Waals surface area contributed by atoms with Crippen LogP contribution in [-0.4, -0.2) is 24.2 Å². The molecule has 19 heavy (non-hydrogen) atoms. The first-order valence-corrected chi connectivity index (χ1v) is 6.42. The Morgan fingerprint density at radius 2 is 2.16 bits per heavy atom. The van der Waals surface area contributed by atoms with E-state index < -0.39 is 5.54 Å². The minimum absolute atomic E-state index is 0.139. The van der Waals surface area contributed by atoms with Gasteiger partial charge in [-0.15, -0.1) is 0 Å². The van der Waals surface area contributed by atoms with Crippen molar-refractivity contribution >= 4 is 5.97 Å². The number of benzene rings is 1. The summed E-state index contributed by atoms with van der Waals surface area (Å²) in [6.45, 7) is 2.07. The Morgan fingerprint density at radius 3 is 2.79 bits per heavy atom. The summed E-state index contributed by atoms with van der Waals surface area (Å²) in [7, 11) is 0. The molecule has 0 bridgehead atoms. The zero-order chi connectivity index (χ0) is 13.9. The number of hydrogen-bond acceptors (Lipinski definition) is 4. The highest BCUT2D eigenvalue weighted by Crippen LogP contribution is 2.32. The molecule has 5 heteroatoms. The second kappa shape index (κ2) is 5.57. The third-order valence-corrected chi connectivity index (χ3v) is 3.30. The molecule has 0 radical (unpaired) electrons. The maximum atomic E-state index is 12.8. The first-order chi connectivity index (χ1) is 9.03. The number of hydrogen-bond donors (Lipinski definition) is 1. The average molecular weight is 267 g/mol. The number of nitrogens with two attached hydrogens (primary N) is 1. The molecule has 2 N–H and O–H groups in total. The molecule has 1 aromatic carbocycles. The van der Waals surface area contributed by atoms with Gasteiger partial charge in [-0.05, 0) is 44.0 Å². The minimum atomic E-state index is -0.958. The molecule has 1 saturated carbocycles. The monoisotopic (exact) mass is 267 g/mol. The van der Waals surface area contributed by atoms with Gasteiger partial charge >= 0.3 is 5.97 Å². The number of halogens is 1. The smallest absolute Gasteiger partial charge is 0.326 e. The molecule has 1 aromatic rings. The summed E-state index contributed by atoms with van der Waals surface area (Å²) in [6.07, 6.45) is 1.51. The van der Waals surface area contributed by atoms with Gasteiger partial charge in [0.15, 0.2) is 0 Å². The van der Waals surface area contributed by atoms with Crippen LogP contribution in [0.25, 0.3) is 0 Å². The van der Waals surface area contributed by atoms with E-state index in [1.54, 1.807) is 19.1 Å². The van der Waals surface area contributed by atoms with Crippen molar-refractivity contribution < 1.29 is 18.7 Å². The predicted molar refractivity (Wildman–Crippen MR) is 68.2 cm³/mol. The van der Waals surface area contributed by atoms with E-state index in [0.717, 1.165) is 0 Å². The van der Waals surface area contributed by atoms with Crippen LogP contribution in [0.4, 0.5) is 4.39 Å². The Morgan fingerprint density at radius 1 is 1.47 bits per heavy atom. The van der Waals surface area contributed by atoms with Crippen LogP contribution in [0.15, 0.2) is 24.3 Å². The first kappa shape index (κ1) is 13.8. The lowest BCUT2D eigenvalue weighted by Crippen LogP contribution is -2.47. The lowest BCUT2D eigenvalue weighted by atomic mass is 9.99. The van der Waals surface area contributed by atoms with Gasteiger partial charge in [-0.1, -0.05) is 0 Å². The number of esters is 1. The maximum absolute atomic E-state index is 12.8. The summed E-state index contributed by atoms with van der Waals surface area (Å²) in [6, 6.07) is 5.81. The van der Waals surface area contributed by atoms with Gasteiger partial charge in [0.2, 0.25) is 0 Å². The van der Waals surface area contributed by atoms with Gasteiger partial charge in [-0.2, -0.15) is 0 Å². The molecule has 0 aliphatic heterocycles. The van der Waals surface area contributed by atoms with Crippen molar-refractivity contribution in [2.75, 3.05) is 6.61 Å². The second-order valence-electron chi connectivity index (χ2n) is 4.81. The molecule has 4 nitrogen and oxygen atoms in total. The van der Waals surface area contributed by atoms with Crippen molar-refractivity contribution in [1.29, 1.82) is 0 Å². The standard InChI is InChI=1S/C14H18FNO3/c1-2-18-13(17)14(16)8-7-12(9-14)19-11-5-3-10(15)4-6-11/h3-6,12H,2,7-9,16H2,1H3. The summed E-state index contributed by atoms with van der Waals surface area (Å²) in [5.41, 5.74) is 5.08. The maximum Gasteiger partial charge on any atom is 0.326 e. The third kappa shape index (κ3) is 3.23. The Bertz CT molecular complexity index is 449. The van der Waals surface area contributed by atoms with Crippen LogP contribution in [0, 0.1) is 5.82 Å². The molecule has 2 atom stereocenters. The van der Waals surface area contributed by atoms with Gasteiger partial charge < -0.3 is 15.2 Å².